The second-order valence-corrected chi connectivity index (χ2v) is 5.07. The molecule has 2 N–H and O–H groups in total. The quantitative estimate of drug-likeness (QED) is 0.759. The van der Waals surface area contributed by atoms with E-state index in [1.54, 1.807) is 17.5 Å². The molecule has 3 heterocycles. The number of thiophene rings is 1. The summed E-state index contributed by atoms with van der Waals surface area (Å²) in [5, 5.41) is 13.1. The first-order chi connectivity index (χ1) is 8.79. The Hall–Kier alpha value is -1.95. The molecule has 0 atom stereocenters. The predicted molar refractivity (Wildman–Crippen MR) is 73.9 cm³/mol. The van der Waals surface area contributed by atoms with Gasteiger partial charge in [-0.25, -0.2) is 4.98 Å². The maximum absolute atomic E-state index is 4.59. The Kier molecular flexibility index (Phi) is 2.71. The maximum atomic E-state index is 4.59. The molecule has 6 heteroatoms. The molecule has 0 saturated heterocycles. The molecule has 0 unspecified atom stereocenters. The number of aromatic amines is 1. The van der Waals surface area contributed by atoms with Crippen molar-refractivity contribution in [3.05, 3.63) is 22.5 Å². The molecule has 0 aliphatic heterocycles. The number of H-pyrrole nitrogens is 1. The van der Waals surface area contributed by atoms with E-state index in [-0.39, 0.29) is 0 Å². The molecular formula is C12H13N5S. The second-order valence-electron chi connectivity index (χ2n) is 3.95. The predicted octanol–water partition coefficient (Wildman–Crippen LogP) is 2.82. The summed E-state index contributed by atoms with van der Waals surface area (Å²) in [5.74, 6) is 0.634. The first-order valence-corrected chi connectivity index (χ1v) is 6.67. The summed E-state index contributed by atoms with van der Waals surface area (Å²) in [7, 11) is 0. The Morgan fingerprint density at radius 3 is 3.00 bits per heavy atom. The number of rotatable bonds is 3. The highest BCUT2D eigenvalue weighted by Gasteiger charge is 2.13. The molecule has 0 aromatic carbocycles. The van der Waals surface area contributed by atoms with Gasteiger partial charge in [-0.15, -0.1) is 11.3 Å². The highest BCUT2D eigenvalue weighted by Crippen LogP contribution is 2.31. The minimum absolute atomic E-state index is 0.634. The summed E-state index contributed by atoms with van der Waals surface area (Å²) in [4.78, 5) is 10.2. The van der Waals surface area contributed by atoms with Crippen LogP contribution in [0.3, 0.4) is 0 Å². The molecule has 0 fully saturated rings. The van der Waals surface area contributed by atoms with Crippen LogP contribution in [0.25, 0.3) is 22.3 Å². The molecule has 92 valence electrons. The molecule has 0 saturated carbocycles. The Balaban J connectivity index is 2.26. The van der Waals surface area contributed by atoms with Crippen molar-refractivity contribution in [2.24, 2.45) is 0 Å². The second kappa shape index (κ2) is 4.38. The third kappa shape index (κ3) is 1.74. The Morgan fingerprint density at radius 1 is 1.39 bits per heavy atom. The van der Waals surface area contributed by atoms with Gasteiger partial charge in [0.2, 0.25) is 5.95 Å². The molecule has 3 aromatic rings. The monoisotopic (exact) mass is 259 g/mol. The minimum atomic E-state index is 0.634. The summed E-state index contributed by atoms with van der Waals surface area (Å²) >= 11 is 1.72. The van der Waals surface area contributed by atoms with Crippen LogP contribution in [0.15, 0.2) is 17.6 Å². The van der Waals surface area contributed by atoms with E-state index in [1.807, 2.05) is 6.92 Å². The fraction of sp³-hybridized carbons (Fsp3) is 0.250. The summed E-state index contributed by atoms with van der Waals surface area (Å²) < 4.78 is 0. The summed E-state index contributed by atoms with van der Waals surface area (Å²) in [6.07, 6.45) is 1.78. The highest BCUT2D eigenvalue weighted by atomic mass is 32.1. The van der Waals surface area contributed by atoms with Gasteiger partial charge in [-0.3, -0.25) is 5.10 Å². The number of nitrogens with zero attached hydrogens (tertiary/aromatic N) is 3. The third-order valence-electron chi connectivity index (χ3n) is 2.76. The van der Waals surface area contributed by atoms with Gasteiger partial charge in [-0.1, -0.05) is 0 Å². The van der Waals surface area contributed by atoms with Crippen molar-refractivity contribution in [1.82, 2.24) is 20.2 Å². The van der Waals surface area contributed by atoms with E-state index >= 15 is 0 Å². The van der Waals surface area contributed by atoms with Crippen LogP contribution >= 0.6 is 11.3 Å². The van der Waals surface area contributed by atoms with Crippen molar-refractivity contribution in [3.8, 4) is 11.3 Å². The van der Waals surface area contributed by atoms with Gasteiger partial charge < -0.3 is 5.32 Å². The SMILES string of the molecule is CCNc1nc(-c2ccsc2C)c2cn[nH]c2n1. The van der Waals surface area contributed by atoms with E-state index in [4.69, 9.17) is 0 Å². The van der Waals surface area contributed by atoms with Crippen LogP contribution in [-0.2, 0) is 0 Å². The van der Waals surface area contributed by atoms with Gasteiger partial charge in [-0.05, 0) is 25.3 Å². The van der Waals surface area contributed by atoms with Crippen LogP contribution in [0.4, 0.5) is 5.95 Å². The van der Waals surface area contributed by atoms with Gasteiger partial charge >= 0.3 is 0 Å². The zero-order valence-electron chi connectivity index (χ0n) is 10.2. The zero-order chi connectivity index (χ0) is 12.5. The molecule has 0 aliphatic carbocycles. The number of hydrogen-bond acceptors (Lipinski definition) is 5. The Bertz CT molecular complexity index is 685. The van der Waals surface area contributed by atoms with Crippen molar-refractivity contribution in [3.63, 3.8) is 0 Å². The van der Waals surface area contributed by atoms with Crippen LogP contribution in [0.5, 0.6) is 0 Å². The molecule has 3 aromatic heterocycles. The first-order valence-electron chi connectivity index (χ1n) is 5.79. The lowest BCUT2D eigenvalue weighted by Gasteiger charge is -2.06. The van der Waals surface area contributed by atoms with Crippen LogP contribution in [0.2, 0.25) is 0 Å². The summed E-state index contributed by atoms with van der Waals surface area (Å²) in [6.45, 7) is 4.92. The van der Waals surface area contributed by atoms with Crippen LogP contribution in [0.1, 0.15) is 11.8 Å². The van der Waals surface area contributed by atoms with Gasteiger partial charge in [0.05, 0.1) is 17.3 Å². The van der Waals surface area contributed by atoms with Crippen LogP contribution in [0, 0.1) is 6.92 Å². The lowest BCUT2D eigenvalue weighted by Crippen LogP contribution is -2.03. The average Bonchev–Trinajstić information content (AvgIpc) is 2.97. The van der Waals surface area contributed by atoms with E-state index in [9.17, 15) is 0 Å². The number of nitrogens with one attached hydrogen (secondary N) is 2. The van der Waals surface area contributed by atoms with Gasteiger partial charge in [0.15, 0.2) is 5.65 Å². The largest absolute Gasteiger partial charge is 0.354 e. The normalized spacial score (nSPS) is 11.0. The molecule has 5 nitrogen and oxygen atoms in total. The molecule has 0 amide bonds. The first kappa shape index (κ1) is 11.2. The van der Waals surface area contributed by atoms with Gasteiger partial charge in [0, 0.05) is 17.0 Å². The molecule has 0 radical (unpaired) electrons. The average molecular weight is 259 g/mol. The number of fused-ring (bicyclic) bond motifs is 1. The van der Waals surface area contributed by atoms with Gasteiger partial charge in [-0.2, -0.15) is 10.1 Å². The maximum Gasteiger partial charge on any atom is 0.225 e. The van der Waals surface area contributed by atoms with Crippen molar-refractivity contribution in [1.29, 1.82) is 0 Å². The van der Waals surface area contributed by atoms with Crippen molar-refractivity contribution in [2.45, 2.75) is 13.8 Å². The Labute approximate surface area is 108 Å². The highest BCUT2D eigenvalue weighted by molar-refractivity contribution is 7.10. The fourth-order valence-electron chi connectivity index (χ4n) is 1.91. The van der Waals surface area contributed by atoms with Gasteiger partial charge in [0.1, 0.15) is 0 Å². The minimum Gasteiger partial charge on any atom is -0.354 e. The lowest BCUT2D eigenvalue weighted by atomic mass is 10.1. The fourth-order valence-corrected chi connectivity index (χ4v) is 2.61. The third-order valence-corrected chi connectivity index (χ3v) is 3.60. The number of hydrogen-bond donors (Lipinski definition) is 2. The van der Waals surface area contributed by atoms with E-state index < -0.39 is 0 Å². The smallest absolute Gasteiger partial charge is 0.225 e. The van der Waals surface area contributed by atoms with Crippen molar-refractivity contribution >= 4 is 28.3 Å². The van der Waals surface area contributed by atoms with Crippen LogP contribution in [-0.4, -0.2) is 26.7 Å². The Morgan fingerprint density at radius 2 is 2.28 bits per heavy atom. The lowest BCUT2D eigenvalue weighted by molar-refractivity contribution is 1.07. The van der Waals surface area contributed by atoms with E-state index in [0.717, 1.165) is 28.8 Å². The van der Waals surface area contributed by atoms with E-state index in [1.165, 1.54) is 4.88 Å². The van der Waals surface area contributed by atoms with Crippen LogP contribution < -0.4 is 5.32 Å². The standard InChI is InChI=1S/C12H13N5S/c1-3-13-12-15-10(8-4-5-18-7(8)2)9-6-14-17-11(9)16-12/h4-6H,3H2,1-2H3,(H2,13,14,15,16,17). The van der Waals surface area contributed by atoms with Crippen molar-refractivity contribution in [2.75, 3.05) is 11.9 Å². The summed E-state index contributed by atoms with van der Waals surface area (Å²) in [5.41, 5.74) is 2.85. The zero-order valence-corrected chi connectivity index (χ0v) is 11.0. The van der Waals surface area contributed by atoms with E-state index in [2.05, 4.69) is 43.9 Å². The number of aromatic nitrogens is 4. The molecule has 18 heavy (non-hydrogen) atoms. The molecular weight excluding hydrogens is 246 g/mol. The number of aryl methyl sites for hydroxylation is 1. The summed E-state index contributed by atoms with van der Waals surface area (Å²) in [6, 6.07) is 2.09. The molecule has 3 rings (SSSR count). The van der Waals surface area contributed by atoms with Crippen molar-refractivity contribution < 1.29 is 0 Å². The molecule has 0 aliphatic rings. The number of anilines is 1. The van der Waals surface area contributed by atoms with E-state index in [0.29, 0.717) is 5.95 Å². The molecule has 0 bridgehead atoms. The van der Waals surface area contributed by atoms with Gasteiger partial charge in [0.25, 0.3) is 0 Å². The topological polar surface area (TPSA) is 66.5 Å². The molecule has 0 spiro atoms.